The van der Waals surface area contributed by atoms with Gasteiger partial charge in [0.15, 0.2) is 0 Å². The average molecular weight is 327 g/mol. The van der Waals surface area contributed by atoms with Gasteiger partial charge in [-0.05, 0) is 30.9 Å². The van der Waals surface area contributed by atoms with Crippen LogP contribution in [-0.4, -0.2) is 29.6 Å². The first-order valence-corrected chi connectivity index (χ1v) is 8.81. The Morgan fingerprint density at radius 1 is 1.29 bits per heavy atom. The van der Waals surface area contributed by atoms with Crippen molar-refractivity contribution in [2.45, 2.75) is 57.2 Å². The second kappa shape index (κ2) is 6.45. The number of benzene rings is 1. The van der Waals surface area contributed by atoms with E-state index in [1.807, 2.05) is 12.1 Å². The van der Waals surface area contributed by atoms with E-state index in [0.29, 0.717) is 21.6 Å². The van der Waals surface area contributed by atoms with Crippen LogP contribution in [0.5, 0.6) is 0 Å². The van der Waals surface area contributed by atoms with Crippen molar-refractivity contribution in [2.24, 2.45) is 0 Å². The Bertz CT molecular complexity index is 498. The lowest BCUT2D eigenvalue weighted by Crippen LogP contribution is -2.62. The van der Waals surface area contributed by atoms with Crippen LogP contribution in [0.3, 0.4) is 0 Å². The third kappa shape index (κ3) is 3.24. The van der Waals surface area contributed by atoms with Gasteiger partial charge < -0.3 is 5.32 Å². The maximum absolute atomic E-state index is 6.38. The second-order valence-electron chi connectivity index (χ2n) is 6.55. The summed E-state index contributed by atoms with van der Waals surface area (Å²) in [6, 6.07) is 6.55. The van der Waals surface area contributed by atoms with Gasteiger partial charge in [0.05, 0.1) is 10.0 Å². The molecule has 1 N–H and O–H groups in total. The van der Waals surface area contributed by atoms with Crippen LogP contribution in [0.15, 0.2) is 18.2 Å². The Hall–Kier alpha value is -0.280. The largest absolute Gasteiger partial charge is 0.308 e. The van der Waals surface area contributed by atoms with Crippen molar-refractivity contribution in [2.75, 3.05) is 13.1 Å². The Morgan fingerprint density at radius 2 is 2.05 bits per heavy atom. The quantitative estimate of drug-likeness (QED) is 0.880. The van der Waals surface area contributed by atoms with Gasteiger partial charge in [-0.3, -0.25) is 4.90 Å². The molecule has 0 aromatic heterocycles. The molecule has 0 bridgehead atoms. The lowest BCUT2D eigenvalue weighted by molar-refractivity contribution is 0.0718. The number of halogens is 2. The predicted molar refractivity (Wildman–Crippen MR) is 90.2 cm³/mol. The molecule has 1 aliphatic carbocycles. The van der Waals surface area contributed by atoms with E-state index in [-0.39, 0.29) is 0 Å². The van der Waals surface area contributed by atoms with Gasteiger partial charge in [0.25, 0.3) is 0 Å². The molecule has 2 nitrogen and oxygen atoms in total. The first-order chi connectivity index (χ1) is 10.1. The highest BCUT2D eigenvalue weighted by Crippen LogP contribution is 2.35. The first-order valence-electron chi connectivity index (χ1n) is 8.05. The molecule has 1 aromatic carbocycles. The highest BCUT2D eigenvalue weighted by Gasteiger charge is 2.40. The highest BCUT2D eigenvalue weighted by molar-refractivity contribution is 6.42. The molecule has 1 spiro atoms. The Morgan fingerprint density at radius 3 is 2.76 bits per heavy atom. The monoisotopic (exact) mass is 326 g/mol. The fourth-order valence-corrected chi connectivity index (χ4v) is 4.28. The van der Waals surface area contributed by atoms with E-state index in [4.69, 9.17) is 23.2 Å². The van der Waals surface area contributed by atoms with Gasteiger partial charge in [-0.1, -0.05) is 55.1 Å². The molecular formula is C17H24Cl2N2. The fraction of sp³-hybridized carbons (Fsp3) is 0.647. The van der Waals surface area contributed by atoms with Crippen LogP contribution in [-0.2, 0) is 6.54 Å². The zero-order chi connectivity index (χ0) is 14.9. The molecule has 0 amide bonds. The molecule has 116 valence electrons. The Labute approximate surface area is 137 Å². The summed E-state index contributed by atoms with van der Waals surface area (Å²) in [5, 5.41) is 5.21. The number of piperazine rings is 1. The summed E-state index contributed by atoms with van der Waals surface area (Å²) in [5.74, 6) is 0. The number of hydrogen-bond acceptors (Lipinski definition) is 2. The highest BCUT2D eigenvalue weighted by atomic mass is 35.5. The molecule has 3 rings (SSSR count). The molecule has 1 saturated heterocycles. The predicted octanol–water partition coefficient (Wildman–Crippen LogP) is 4.49. The van der Waals surface area contributed by atoms with Crippen LogP contribution in [0.1, 0.15) is 44.6 Å². The van der Waals surface area contributed by atoms with Gasteiger partial charge in [0, 0.05) is 31.2 Å². The molecule has 21 heavy (non-hydrogen) atoms. The average Bonchev–Trinajstić information content (AvgIpc) is 2.92. The van der Waals surface area contributed by atoms with Crippen molar-refractivity contribution >= 4 is 23.2 Å². The second-order valence-corrected chi connectivity index (χ2v) is 7.33. The van der Waals surface area contributed by atoms with Crippen molar-refractivity contribution in [3.63, 3.8) is 0 Å². The van der Waals surface area contributed by atoms with E-state index < -0.39 is 0 Å². The van der Waals surface area contributed by atoms with E-state index in [9.17, 15) is 0 Å². The van der Waals surface area contributed by atoms with Gasteiger partial charge in [-0.15, -0.1) is 0 Å². The fourth-order valence-electron chi connectivity index (χ4n) is 3.90. The van der Waals surface area contributed by atoms with Crippen LogP contribution in [0.4, 0.5) is 0 Å². The molecule has 1 atom stereocenters. The zero-order valence-electron chi connectivity index (χ0n) is 12.7. The molecule has 1 aromatic rings. The van der Waals surface area contributed by atoms with Crippen LogP contribution >= 0.6 is 23.2 Å². The van der Waals surface area contributed by atoms with Crippen molar-refractivity contribution < 1.29 is 0 Å². The summed E-state index contributed by atoms with van der Waals surface area (Å²) >= 11 is 12.5. The molecule has 4 heteroatoms. The minimum atomic E-state index is 0.344. The van der Waals surface area contributed by atoms with Crippen molar-refractivity contribution in [3.05, 3.63) is 33.8 Å². The van der Waals surface area contributed by atoms with E-state index in [2.05, 4.69) is 23.2 Å². The molecule has 1 saturated carbocycles. The van der Waals surface area contributed by atoms with Crippen molar-refractivity contribution in [3.8, 4) is 0 Å². The molecule has 2 aliphatic rings. The van der Waals surface area contributed by atoms with Crippen LogP contribution in [0.25, 0.3) is 0 Å². The van der Waals surface area contributed by atoms with E-state index in [0.717, 1.165) is 25.2 Å². The molecule has 2 fully saturated rings. The summed E-state index contributed by atoms with van der Waals surface area (Å²) in [7, 11) is 0. The minimum Gasteiger partial charge on any atom is -0.308 e. The molecule has 1 aliphatic heterocycles. The number of nitrogens with one attached hydrogen (secondary N) is 1. The lowest BCUT2D eigenvalue weighted by Gasteiger charge is -2.46. The zero-order valence-corrected chi connectivity index (χ0v) is 14.2. The summed E-state index contributed by atoms with van der Waals surface area (Å²) in [5.41, 5.74) is 1.49. The number of rotatable bonds is 3. The number of hydrogen-bond donors (Lipinski definition) is 1. The Kier molecular flexibility index (Phi) is 4.80. The van der Waals surface area contributed by atoms with Crippen LogP contribution in [0.2, 0.25) is 10.0 Å². The topological polar surface area (TPSA) is 15.3 Å². The smallest absolute Gasteiger partial charge is 0.0637 e. The van der Waals surface area contributed by atoms with Crippen molar-refractivity contribution in [1.29, 1.82) is 0 Å². The summed E-state index contributed by atoms with van der Waals surface area (Å²) in [6.07, 6.45) is 6.50. The molecular weight excluding hydrogens is 303 g/mol. The lowest BCUT2D eigenvalue weighted by atomic mass is 9.91. The van der Waals surface area contributed by atoms with Crippen LogP contribution in [0, 0.1) is 0 Å². The van der Waals surface area contributed by atoms with E-state index in [1.54, 1.807) is 0 Å². The summed E-state index contributed by atoms with van der Waals surface area (Å²) in [4.78, 5) is 2.61. The Balaban J connectivity index is 1.78. The summed E-state index contributed by atoms with van der Waals surface area (Å²) < 4.78 is 0. The normalized spacial score (nSPS) is 25.6. The van der Waals surface area contributed by atoms with Crippen LogP contribution < -0.4 is 5.32 Å². The number of nitrogens with zero attached hydrogens (tertiary/aromatic N) is 1. The first kappa shape index (κ1) is 15.6. The standard InChI is InChI=1S/C17H24Cl2N2/c1-2-14-10-20-17(8-3-4-9-17)12-21(14)11-13-6-5-7-15(18)16(13)19/h5-7,14,20H,2-4,8-12H2,1H3. The van der Waals surface area contributed by atoms with Crippen molar-refractivity contribution in [1.82, 2.24) is 10.2 Å². The maximum atomic E-state index is 6.38. The van der Waals surface area contributed by atoms with Gasteiger partial charge >= 0.3 is 0 Å². The minimum absolute atomic E-state index is 0.344. The molecule has 1 unspecified atom stereocenters. The van der Waals surface area contributed by atoms with E-state index in [1.165, 1.54) is 32.1 Å². The van der Waals surface area contributed by atoms with E-state index >= 15 is 0 Å². The van der Waals surface area contributed by atoms with Gasteiger partial charge in [-0.25, -0.2) is 0 Å². The third-order valence-electron chi connectivity index (χ3n) is 5.17. The molecule has 0 radical (unpaired) electrons. The third-order valence-corrected chi connectivity index (χ3v) is 6.03. The van der Waals surface area contributed by atoms with Gasteiger partial charge in [-0.2, -0.15) is 0 Å². The SMILES string of the molecule is CCC1CNC2(CCCC2)CN1Cc1cccc(Cl)c1Cl. The maximum Gasteiger partial charge on any atom is 0.0637 e. The van der Waals surface area contributed by atoms with Gasteiger partial charge in [0.2, 0.25) is 0 Å². The molecule has 1 heterocycles. The van der Waals surface area contributed by atoms with Gasteiger partial charge in [0.1, 0.15) is 0 Å². The summed E-state index contributed by atoms with van der Waals surface area (Å²) in [6.45, 7) is 5.40.